The molecule has 0 saturated carbocycles. The molecule has 0 rings (SSSR count). The lowest BCUT2D eigenvalue weighted by molar-refractivity contribution is -0.00870. The Kier molecular flexibility index (Phi) is 3.91. The first kappa shape index (κ1) is 9.92. The van der Waals surface area contributed by atoms with E-state index < -0.39 is 0 Å². The molecule has 2 nitrogen and oxygen atoms in total. The first-order valence-corrected chi connectivity index (χ1v) is 3.70. The van der Waals surface area contributed by atoms with Crippen LogP contribution in [0.1, 0.15) is 20.8 Å². The molecule has 0 heterocycles. The van der Waals surface area contributed by atoms with E-state index in [2.05, 4.69) is 25.7 Å². The van der Waals surface area contributed by atoms with Crippen molar-refractivity contribution in [2.45, 2.75) is 26.4 Å². The van der Waals surface area contributed by atoms with Gasteiger partial charge in [0.2, 0.25) is 0 Å². The van der Waals surface area contributed by atoms with Crippen LogP contribution in [0.2, 0.25) is 0 Å². The highest BCUT2D eigenvalue weighted by Crippen LogP contribution is 2.05. The molecule has 10 heavy (non-hydrogen) atoms. The second-order valence-corrected chi connectivity index (χ2v) is 3.76. The third-order valence-corrected chi connectivity index (χ3v) is 1.07. The summed E-state index contributed by atoms with van der Waals surface area (Å²) in [6, 6.07) is 0. The molecule has 0 spiro atoms. The number of nitrogens with zero attached hydrogens (tertiary/aromatic N) is 1. The van der Waals surface area contributed by atoms with Gasteiger partial charge in [-0.25, -0.2) is 0 Å². The topological polar surface area (TPSA) is 12.5 Å². The molecule has 0 aliphatic carbocycles. The maximum atomic E-state index is 5.50. The molecule has 0 saturated heterocycles. The molecule has 0 aromatic carbocycles. The van der Waals surface area contributed by atoms with Crippen LogP contribution in [0.5, 0.6) is 0 Å². The van der Waals surface area contributed by atoms with Crippen molar-refractivity contribution in [2.75, 3.05) is 27.2 Å². The van der Waals surface area contributed by atoms with Crippen molar-refractivity contribution < 1.29 is 4.74 Å². The molecule has 0 aliphatic rings. The van der Waals surface area contributed by atoms with Crippen LogP contribution in [0.25, 0.3) is 0 Å². The highest BCUT2D eigenvalue weighted by Gasteiger charge is 2.08. The van der Waals surface area contributed by atoms with E-state index in [1.54, 1.807) is 0 Å². The fourth-order valence-electron chi connectivity index (χ4n) is 0.534. The zero-order valence-electron chi connectivity index (χ0n) is 7.77. The summed E-state index contributed by atoms with van der Waals surface area (Å²) in [5.74, 6) is 0. The second-order valence-electron chi connectivity index (χ2n) is 3.76. The van der Waals surface area contributed by atoms with Gasteiger partial charge in [-0.05, 0) is 34.9 Å². The van der Waals surface area contributed by atoms with Crippen LogP contribution in [-0.4, -0.2) is 37.7 Å². The molecule has 0 amide bonds. The fourth-order valence-corrected chi connectivity index (χ4v) is 0.534. The second kappa shape index (κ2) is 3.94. The average Bonchev–Trinajstić information content (AvgIpc) is 1.59. The highest BCUT2D eigenvalue weighted by molar-refractivity contribution is 4.58. The van der Waals surface area contributed by atoms with Crippen LogP contribution in [-0.2, 0) is 4.74 Å². The monoisotopic (exact) mass is 145 g/mol. The SMILES string of the molecule is CN(C)CCOC(C)(C)C. The van der Waals surface area contributed by atoms with Gasteiger partial charge in [-0.2, -0.15) is 0 Å². The number of rotatable bonds is 3. The maximum absolute atomic E-state index is 5.50. The largest absolute Gasteiger partial charge is 0.375 e. The molecule has 0 aromatic rings. The Morgan fingerprint density at radius 1 is 1.20 bits per heavy atom. The molecule has 0 radical (unpaired) electrons. The van der Waals surface area contributed by atoms with Crippen molar-refractivity contribution in [3.8, 4) is 0 Å². The van der Waals surface area contributed by atoms with Gasteiger partial charge in [0.25, 0.3) is 0 Å². The summed E-state index contributed by atoms with van der Waals surface area (Å²) in [6.07, 6.45) is 0. The Morgan fingerprint density at radius 2 is 1.70 bits per heavy atom. The molecule has 0 N–H and O–H groups in total. The Balaban J connectivity index is 3.21. The smallest absolute Gasteiger partial charge is 0.0600 e. The van der Waals surface area contributed by atoms with Gasteiger partial charge >= 0.3 is 0 Å². The van der Waals surface area contributed by atoms with Gasteiger partial charge < -0.3 is 9.64 Å². The summed E-state index contributed by atoms with van der Waals surface area (Å²) < 4.78 is 5.50. The van der Waals surface area contributed by atoms with E-state index in [4.69, 9.17) is 4.74 Å². The summed E-state index contributed by atoms with van der Waals surface area (Å²) in [5.41, 5.74) is 0.00993. The summed E-state index contributed by atoms with van der Waals surface area (Å²) >= 11 is 0. The third-order valence-electron chi connectivity index (χ3n) is 1.07. The van der Waals surface area contributed by atoms with Gasteiger partial charge in [0.05, 0.1) is 12.2 Å². The minimum Gasteiger partial charge on any atom is -0.375 e. The zero-order valence-corrected chi connectivity index (χ0v) is 7.77. The van der Waals surface area contributed by atoms with Gasteiger partial charge in [-0.3, -0.25) is 0 Å². The van der Waals surface area contributed by atoms with Crippen molar-refractivity contribution in [1.29, 1.82) is 0 Å². The Labute approximate surface area is 64.2 Å². The Hall–Kier alpha value is -0.0800. The number of likely N-dealkylation sites (N-methyl/N-ethyl adjacent to an activating group) is 1. The van der Waals surface area contributed by atoms with E-state index in [1.807, 2.05) is 14.1 Å². The maximum Gasteiger partial charge on any atom is 0.0600 e. The molecule has 0 fully saturated rings. The molecular weight excluding hydrogens is 126 g/mol. The van der Waals surface area contributed by atoms with Crippen LogP contribution in [0.3, 0.4) is 0 Å². The van der Waals surface area contributed by atoms with Gasteiger partial charge in [-0.1, -0.05) is 0 Å². The predicted octanol–water partition coefficient (Wildman–Crippen LogP) is 1.36. The van der Waals surface area contributed by atoms with Gasteiger partial charge in [0.15, 0.2) is 0 Å². The van der Waals surface area contributed by atoms with E-state index in [1.165, 1.54) is 0 Å². The fraction of sp³-hybridized carbons (Fsp3) is 1.00. The van der Waals surface area contributed by atoms with Crippen molar-refractivity contribution in [3.05, 3.63) is 0 Å². The van der Waals surface area contributed by atoms with E-state index >= 15 is 0 Å². The molecule has 0 aromatic heterocycles. The standard InChI is InChI=1S/C8H19NO/c1-8(2,3)10-7-6-9(4)5/h6-7H2,1-5H3. The summed E-state index contributed by atoms with van der Waals surface area (Å²) in [5, 5.41) is 0. The van der Waals surface area contributed by atoms with Crippen molar-refractivity contribution >= 4 is 0 Å². The lowest BCUT2D eigenvalue weighted by atomic mass is 10.2. The normalized spacial score (nSPS) is 12.6. The first-order chi connectivity index (χ1) is 4.42. The van der Waals surface area contributed by atoms with Crippen molar-refractivity contribution in [2.24, 2.45) is 0 Å². The molecule has 0 unspecified atom stereocenters. The molecule has 0 aliphatic heterocycles. The van der Waals surface area contributed by atoms with Crippen molar-refractivity contribution in [3.63, 3.8) is 0 Å². The summed E-state index contributed by atoms with van der Waals surface area (Å²) in [4.78, 5) is 2.12. The Bertz CT molecular complexity index is 83.7. The minimum absolute atomic E-state index is 0.00993. The van der Waals surface area contributed by atoms with Crippen LogP contribution < -0.4 is 0 Å². The Morgan fingerprint density at radius 3 is 2.00 bits per heavy atom. The third kappa shape index (κ3) is 7.92. The molecule has 0 bridgehead atoms. The molecule has 0 atom stereocenters. The summed E-state index contributed by atoms with van der Waals surface area (Å²) in [7, 11) is 4.10. The van der Waals surface area contributed by atoms with Crippen LogP contribution in [0.4, 0.5) is 0 Å². The number of hydrogen-bond acceptors (Lipinski definition) is 2. The molecule has 2 heteroatoms. The number of hydrogen-bond donors (Lipinski definition) is 0. The number of ether oxygens (including phenoxy) is 1. The zero-order chi connectivity index (χ0) is 8.20. The highest BCUT2D eigenvalue weighted by atomic mass is 16.5. The van der Waals surface area contributed by atoms with Gasteiger partial charge in [0, 0.05) is 6.54 Å². The van der Waals surface area contributed by atoms with E-state index in [9.17, 15) is 0 Å². The first-order valence-electron chi connectivity index (χ1n) is 3.70. The predicted molar refractivity (Wildman–Crippen MR) is 44.3 cm³/mol. The average molecular weight is 145 g/mol. The van der Waals surface area contributed by atoms with Crippen molar-refractivity contribution in [1.82, 2.24) is 4.90 Å². The minimum atomic E-state index is 0.00993. The lowest BCUT2D eigenvalue weighted by Crippen LogP contribution is -2.25. The van der Waals surface area contributed by atoms with E-state index in [0.717, 1.165) is 13.2 Å². The van der Waals surface area contributed by atoms with Gasteiger partial charge in [0.1, 0.15) is 0 Å². The van der Waals surface area contributed by atoms with Crippen LogP contribution >= 0.6 is 0 Å². The van der Waals surface area contributed by atoms with E-state index in [0.29, 0.717) is 0 Å². The van der Waals surface area contributed by atoms with Crippen LogP contribution in [0, 0.1) is 0 Å². The molecule has 62 valence electrons. The van der Waals surface area contributed by atoms with E-state index in [-0.39, 0.29) is 5.60 Å². The van der Waals surface area contributed by atoms with Crippen LogP contribution in [0.15, 0.2) is 0 Å². The quantitative estimate of drug-likeness (QED) is 0.594. The lowest BCUT2D eigenvalue weighted by Gasteiger charge is -2.20. The summed E-state index contributed by atoms with van der Waals surface area (Å²) in [6.45, 7) is 8.03. The molecular formula is C8H19NO. The van der Waals surface area contributed by atoms with Gasteiger partial charge in [-0.15, -0.1) is 0 Å².